The number of nitrogens with zero attached hydrogens (tertiary/aromatic N) is 3. The first kappa shape index (κ1) is 23.1. The summed E-state index contributed by atoms with van der Waals surface area (Å²) in [5.41, 5.74) is 2.91. The number of rotatable bonds is 7. The van der Waals surface area contributed by atoms with Gasteiger partial charge in [-0.1, -0.05) is 42.5 Å². The number of pyridine rings is 1. The average molecular weight is 484 g/mol. The zero-order valence-electron chi connectivity index (χ0n) is 19.9. The molecule has 178 valence electrons. The molecule has 35 heavy (non-hydrogen) atoms. The van der Waals surface area contributed by atoms with Crippen molar-refractivity contribution in [1.29, 1.82) is 0 Å². The number of benzene rings is 2. The maximum Gasteiger partial charge on any atom is 0.226 e. The molecule has 0 radical (unpaired) electrons. The summed E-state index contributed by atoms with van der Waals surface area (Å²) in [6.07, 6.45) is 4.22. The molecule has 0 unspecified atom stereocenters. The summed E-state index contributed by atoms with van der Waals surface area (Å²) < 4.78 is 2.26. The third-order valence-corrected chi connectivity index (χ3v) is 6.86. The first-order chi connectivity index (χ1) is 17.0. The molecule has 1 saturated heterocycles. The Morgan fingerprint density at radius 1 is 1.06 bits per heavy atom. The van der Waals surface area contributed by atoms with Gasteiger partial charge in [0, 0.05) is 48.2 Å². The van der Waals surface area contributed by atoms with Crippen LogP contribution in [0.25, 0.3) is 10.8 Å². The Balaban J connectivity index is 1.38. The van der Waals surface area contributed by atoms with Gasteiger partial charge in [-0.2, -0.15) is 0 Å². The number of hydrogen-bond donors (Lipinski definition) is 2. The van der Waals surface area contributed by atoms with E-state index in [0.29, 0.717) is 24.1 Å². The lowest BCUT2D eigenvalue weighted by atomic mass is 10.0. The molecule has 2 aromatic heterocycles. The summed E-state index contributed by atoms with van der Waals surface area (Å²) in [5.74, 6) is -0.0385. The molecular weight excluding hydrogens is 454 g/mol. The van der Waals surface area contributed by atoms with Gasteiger partial charge in [-0.25, -0.2) is 0 Å². The van der Waals surface area contributed by atoms with Gasteiger partial charge in [-0.05, 0) is 61.8 Å². The van der Waals surface area contributed by atoms with Gasteiger partial charge >= 0.3 is 0 Å². The van der Waals surface area contributed by atoms with Crippen LogP contribution in [-0.2, 0) is 4.79 Å². The van der Waals surface area contributed by atoms with E-state index >= 15 is 0 Å². The number of nitrogens with one attached hydrogen (secondary N) is 2. The molecule has 4 aromatic rings. The topological polar surface area (TPSA) is 62.2 Å². The molecular formula is C28H29N5OS. The predicted octanol–water partition coefficient (Wildman–Crippen LogP) is 5.62. The van der Waals surface area contributed by atoms with Gasteiger partial charge < -0.3 is 20.1 Å². The molecule has 0 spiro atoms. The van der Waals surface area contributed by atoms with Crippen LogP contribution in [0.5, 0.6) is 0 Å². The van der Waals surface area contributed by atoms with E-state index in [1.807, 2.05) is 60.7 Å². The first-order valence-corrected chi connectivity index (χ1v) is 12.4. The van der Waals surface area contributed by atoms with Crippen molar-refractivity contribution in [2.75, 3.05) is 11.9 Å². The quantitative estimate of drug-likeness (QED) is 0.334. The van der Waals surface area contributed by atoms with E-state index in [9.17, 15) is 4.79 Å². The second-order valence-corrected chi connectivity index (χ2v) is 9.47. The Labute approximate surface area is 211 Å². The number of anilines is 1. The van der Waals surface area contributed by atoms with Crippen molar-refractivity contribution in [1.82, 2.24) is 19.8 Å². The second-order valence-electron chi connectivity index (χ2n) is 9.08. The normalized spacial score (nSPS) is 17.7. The molecule has 5 rings (SSSR count). The van der Waals surface area contributed by atoms with Gasteiger partial charge in [0.15, 0.2) is 5.11 Å². The summed E-state index contributed by atoms with van der Waals surface area (Å²) in [6.45, 7) is 4.84. The van der Waals surface area contributed by atoms with E-state index in [1.54, 1.807) is 6.20 Å². The smallest absolute Gasteiger partial charge is 0.226 e. The number of thiocarbonyl (C=S) groups is 1. The second kappa shape index (κ2) is 9.88. The summed E-state index contributed by atoms with van der Waals surface area (Å²) in [5, 5.41) is 9.34. The number of aromatic nitrogens is 2. The van der Waals surface area contributed by atoms with Crippen LogP contribution in [0.4, 0.5) is 5.69 Å². The van der Waals surface area contributed by atoms with Gasteiger partial charge in [0.05, 0.1) is 17.8 Å². The lowest BCUT2D eigenvalue weighted by Crippen LogP contribution is -2.33. The van der Waals surface area contributed by atoms with Crippen LogP contribution in [0.1, 0.15) is 49.8 Å². The van der Waals surface area contributed by atoms with Crippen molar-refractivity contribution in [3.8, 4) is 0 Å². The molecule has 0 aliphatic carbocycles. The van der Waals surface area contributed by atoms with Gasteiger partial charge in [-0.3, -0.25) is 9.78 Å². The van der Waals surface area contributed by atoms with Crippen molar-refractivity contribution >= 4 is 39.7 Å². The highest BCUT2D eigenvalue weighted by Gasteiger charge is 2.41. The Morgan fingerprint density at radius 3 is 2.66 bits per heavy atom. The molecule has 3 heterocycles. The number of fused-ring (bicyclic) bond motifs is 1. The number of carbonyl (C=O) groups is 1. The van der Waals surface area contributed by atoms with Crippen molar-refractivity contribution < 1.29 is 4.79 Å². The highest BCUT2D eigenvalue weighted by atomic mass is 32.1. The molecule has 1 fully saturated rings. The molecule has 0 bridgehead atoms. The van der Waals surface area contributed by atoms with E-state index in [-0.39, 0.29) is 18.0 Å². The summed E-state index contributed by atoms with van der Waals surface area (Å²) >= 11 is 5.77. The van der Waals surface area contributed by atoms with Crippen LogP contribution in [0.3, 0.4) is 0 Å². The Kier molecular flexibility index (Phi) is 6.51. The van der Waals surface area contributed by atoms with Crippen LogP contribution >= 0.6 is 12.2 Å². The minimum Gasteiger partial charge on any atom is -0.352 e. The molecule has 7 heteroatoms. The van der Waals surface area contributed by atoms with Crippen molar-refractivity contribution in [3.63, 3.8) is 0 Å². The SMILES string of the molecule is CC(C)n1cccc1[C@@H]1[C@@H](c2ccccn2)NC(=S)N1CCC(=O)Nc1cccc2ccccc12. The van der Waals surface area contributed by atoms with Crippen LogP contribution in [0, 0.1) is 0 Å². The average Bonchev–Trinajstić information content (AvgIpc) is 3.48. The van der Waals surface area contributed by atoms with Crippen molar-refractivity contribution in [2.45, 2.75) is 38.4 Å². The largest absolute Gasteiger partial charge is 0.352 e. The number of amides is 1. The third-order valence-electron chi connectivity index (χ3n) is 6.51. The van der Waals surface area contributed by atoms with E-state index in [2.05, 4.69) is 57.3 Å². The Bertz CT molecular complexity index is 1340. The monoisotopic (exact) mass is 483 g/mol. The van der Waals surface area contributed by atoms with Crippen molar-refractivity contribution in [2.24, 2.45) is 0 Å². The molecule has 6 nitrogen and oxygen atoms in total. The fourth-order valence-corrected chi connectivity index (χ4v) is 5.20. The van der Waals surface area contributed by atoms with E-state index < -0.39 is 0 Å². The first-order valence-electron chi connectivity index (χ1n) is 12.0. The highest BCUT2D eigenvalue weighted by Crippen LogP contribution is 2.39. The Morgan fingerprint density at radius 2 is 1.86 bits per heavy atom. The summed E-state index contributed by atoms with van der Waals surface area (Å²) in [6, 6.07) is 24.3. The fourth-order valence-electron chi connectivity index (χ4n) is 4.87. The summed E-state index contributed by atoms with van der Waals surface area (Å²) in [7, 11) is 0. The van der Waals surface area contributed by atoms with E-state index in [4.69, 9.17) is 12.2 Å². The Hall–Kier alpha value is -3.71. The van der Waals surface area contributed by atoms with E-state index in [1.165, 1.54) is 0 Å². The summed E-state index contributed by atoms with van der Waals surface area (Å²) in [4.78, 5) is 19.8. The molecule has 1 aliphatic rings. The third kappa shape index (κ3) is 4.64. The lowest BCUT2D eigenvalue weighted by molar-refractivity contribution is -0.116. The van der Waals surface area contributed by atoms with Crippen LogP contribution in [0.2, 0.25) is 0 Å². The molecule has 0 saturated carbocycles. The predicted molar refractivity (Wildman–Crippen MR) is 144 cm³/mol. The minimum absolute atomic E-state index is 0.0385. The maximum atomic E-state index is 13.0. The van der Waals surface area contributed by atoms with Gasteiger partial charge in [0.2, 0.25) is 5.91 Å². The molecule has 1 aliphatic heterocycles. The van der Waals surface area contributed by atoms with Gasteiger partial charge in [0.25, 0.3) is 0 Å². The van der Waals surface area contributed by atoms with Crippen LogP contribution in [-0.4, -0.2) is 32.0 Å². The molecule has 2 N–H and O–H groups in total. The fraction of sp³-hybridized carbons (Fsp3) is 0.250. The van der Waals surface area contributed by atoms with Crippen molar-refractivity contribution in [3.05, 3.63) is 96.6 Å². The molecule has 1 amide bonds. The zero-order valence-corrected chi connectivity index (χ0v) is 20.7. The van der Waals surface area contributed by atoms with Crippen LogP contribution in [0.15, 0.2) is 85.2 Å². The molecule has 2 aromatic carbocycles. The molecule has 2 atom stereocenters. The number of carbonyl (C=O) groups excluding carboxylic acids is 1. The minimum atomic E-state index is -0.0998. The lowest BCUT2D eigenvalue weighted by Gasteiger charge is -2.29. The standard InChI is InChI=1S/C28H29N5OS/c1-19(2)32-17-8-14-24(32)27-26(23-12-5-6-16-29-23)31-28(35)33(27)18-15-25(34)30-22-13-7-10-20-9-3-4-11-21(20)22/h3-14,16-17,19,26-27H,15,18H2,1-2H3,(H,30,34)(H,31,35)/t26-,27-/m1/s1. The van der Waals surface area contributed by atoms with Crippen LogP contribution < -0.4 is 10.6 Å². The highest BCUT2D eigenvalue weighted by molar-refractivity contribution is 7.80. The van der Waals surface area contributed by atoms with Gasteiger partial charge in [-0.15, -0.1) is 0 Å². The van der Waals surface area contributed by atoms with E-state index in [0.717, 1.165) is 27.8 Å². The number of hydrogen-bond acceptors (Lipinski definition) is 3. The maximum absolute atomic E-state index is 13.0. The van der Waals surface area contributed by atoms with Gasteiger partial charge in [0.1, 0.15) is 0 Å². The zero-order chi connectivity index (χ0) is 24.4.